The van der Waals surface area contributed by atoms with Gasteiger partial charge >= 0.3 is 11.9 Å². The molecule has 0 aromatic heterocycles. The van der Waals surface area contributed by atoms with E-state index < -0.39 is 0 Å². The lowest BCUT2D eigenvalue weighted by molar-refractivity contribution is -0.153. The molecule has 0 aromatic carbocycles. The molecule has 4 nitrogen and oxygen atoms in total. The van der Waals surface area contributed by atoms with Gasteiger partial charge in [0.2, 0.25) is 0 Å². The Labute approximate surface area is 170 Å². The molecule has 0 amide bonds. The summed E-state index contributed by atoms with van der Waals surface area (Å²) in [6, 6.07) is 0. The van der Waals surface area contributed by atoms with Crippen LogP contribution in [0.4, 0.5) is 0 Å². The molecule has 3 aliphatic rings. The van der Waals surface area contributed by atoms with E-state index in [0.29, 0.717) is 30.5 Å². The van der Waals surface area contributed by atoms with Crippen LogP contribution in [0.25, 0.3) is 0 Å². The highest BCUT2D eigenvalue weighted by Crippen LogP contribution is 2.64. The van der Waals surface area contributed by atoms with Gasteiger partial charge in [0.05, 0.1) is 13.2 Å². The second-order valence-corrected chi connectivity index (χ2v) is 10.4. The van der Waals surface area contributed by atoms with Crippen LogP contribution in [-0.2, 0) is 19.1 Å². The normalized spacial score (nSPS) is 40.0. The molecule has 0 aliphatic heterocycles. The summed E-state index contributed by atoms with van der Waals surface area (Å²) in [6.45, 7) is 11.2. The zero-order valence-electron chi connectivity index (χ0n) is 18.4. The number of esters is 2. The van der Waals surface area contributed by atoms with Gasteiger partial charge in [-0.2, -0.15) is 0 Å². The van der Waals surface area contributed by atoms with Crippen LogP contribution in [0.1, 0.15) is 86.0 Å². The first kappa shape index (κ1) is 21.4. The van der Waals surface area contributed by atoms with Gasteiger partial charge in [-0.05, 0) is 67.6 Å². The van der Waals surface area contributed by atoms with Crippen molar-refractivity contribution in [1.82, 2.24) is 0 Å². The van der Waals surface area contributed by atoms with Crippen LogP contribution in [0.15, 0.2) is 11.6 Å². The third-order valence-corrected chi connectivity index (χ3v) is 8.19. The van der Waals surface area contributed by atoms with Crippen LogP contribution in [0.3, 0.4) is 0 Å². The number of ether oxygens (including phenoxy) is 2. The van der Waals surface area contributed by atoms with Crippen molar-refractivity contribution in [2.45, 2.75) is 86.0 Å². The van der Waals surface area contributed by atoms with Gasteiger partial charge in [-0.25, -0.2) is 0 Å². The lowest BCUT2D eigenvalue weighted by Crippen LogP contribution is -2.53. The first-order chi connectivity index (χ1) is 13.1. The summed E-state index contributed by atoms with van der Waals surface area (Å²) < 4.78 is 10.7. The van der Waals surface area contributed by atoms with E-state index in [-0.39, 0.29) is 22.8 Å². The Hall–Kier alpha value is -1.32. The molecule has 0 saturated heterocycles. The minimum absolute atomic E-state index is 0.0975. The lowest BCUT2D eigenvalue weighted by atomic mass is 9.45. The summed E-state index contributed by atoms with van der Waals surface area (Å²) in [5.74, 6) is 0.906. The molecule has 4 heteroatoms. The summed E-state index contributed by atoms with van der Waals surface area (Å²) in [6.07, 6.45) is 11.8. The molecule has 158 valence electrons. The lowest BCUT2D eigenvalue weighted by Gasteiger charge is -2.60. The molecular weight excluding hydrogens is 352 g/mol. The van der Waals surface area contributed by atoms with Gasteiger partial charge in [0.1, 0.15) is 0 Å². The Kier molecular flexibility index (Phi) is 5.99. The fraction of sp³-hybridized carbons (Fsp3) is 0.833. The molecule has 0 unspecified atom stereocenters. The number of carbonyl (C=O) groups excluding carboxylic acids is 2. The van der Waals surface area contributed by atoms with E-state index in [0.717, 1.165) is 25.7 Å². The molecule has 0 N–H and O–H groups in total. The van der Waals surface area contributed by atoms with E-state index in [4.69, 9.17) is 9.47 Å². The van der Waals surface area contributed by atoms with Gasteiger partial charge in [0.25, 0.3) is 0 Å². The zero-order chi connectivity index (χ0) is 20.6. The number of hydrogen-bond donors (Lipinski definition) is 0. The van der Waals surface area contributed by atoms with Crippen LogP contribution >= 0.6 is 0 Å². The van der Waals surface area contributed by atoms with Crippen LogP contribution in [0.2, 0.25) is 0 Å². The van der Waals surface area contributed by atoms with Crippen molar-refractivity contribution in [1.29, 1.82) is 0 Å². The zero-order valence-corrected chi connectivity index (χ0v) is 18.4. The molecular formula is C24H38O4. The smallest absolute Gasteiger partial charge is 0.302 e. The van der Waals surface area contributed by atoms with Gasteiger partial charge in [-0.3, -0.25) is 9.59 Å². The number of rotatable bonds is 5. The number of carbonyl (C=O) groups is 2. The summed E-state index contributed by atoms with van der Waals surface area (Å²) in [5, 5.41) is 0. The van der Waals surface area contributed by atoms with Crippen LogP contribution in [0.5, 0.6) is 0 Å². The summed E-state index contributed by atoms with van der Waals surface area (Å²) in [7, 11) is 0. The van der Waals surface area contributed by atoms with Crippen molar-refractivity contribution in [2.24, 2.45) is 28.1 Å². The number of fused-ring (bicyclic) bond motifs is 3. The van der Waals surface area contributed by atoms with E-state index >= 15 is 0 Å². The molecule has 0 spiro atoms. The maximum Gasteiger partial charge on any atom is 0.302 e. The monoisotopic (exact) mass is 390 g/mol. The average Bonchev–Trinajstić information content (AvgIpc) is 2.59. The predicted molar refractivity (Wildman–Crippen MR) is 110 cm³/mol. The van der Waals surface area contributed by atoms with E-state index in [9.17, 15) is 9.59 Å². The Morgan fingerprint density at radius 1 is 1.04 bits per heavy atom. The Morgan fingerprint density at radius 3 is 2.43 bits per heavy atom. The maximum atomic E-state index is 11.4. The molecule has 0 heterocycles. The summed E-state index contributed by atoms with van der Waals surface area (Å²) >= 11 is 0. The van der Waals surface area contributed by atoms with Gasteiger partial charge in [0, 0.05) is 19.3 Å². The number of allylic oxidation sites excluding steroid dienone is 2. The average molecular weight is 391 g/mol. The first-order valence-electron chi connectivity index (χ1n) is 11.1. The molecule has 2 fully saturated rings. The van der Waals surface area contributed by atoms with E-state index in [1.165, 1.54) is 39.5 Å². The predicted octanol–water partition coefficient (Wildman–Crippen LogP) is 5.45. The highest BCUT2D eigenvalue weighted by molar-refractivity contribution is 5.66. The second kappa shape index (κ2) is 7.84. The molecule has 5 atom stereocenters. The van der Waals surface area contributed by atoms with E-state index in [2.05, 4.69) is 26.8 Å². The number of hydrogen-bond acceptors (Lipinski definition) is 4. The fourth-order valence-corrected chi connectivity index (χ4v) is 6.77. The largest absolute Gasteiger partial charge is 0.466 e. The Balaban J connectivity index is 1.77. The van der Waals surface area contributed by atoms with Crippen molar-refractivity contribution in [3.63, 3.8) is 0 Å². The Bertz CT molecular complexity index is 653. The standard InChI is InChI=1S/C24H38O4/c1-17(25)27-14-13-22(3)12-9-20-19(15-22)7-8-21-23(4,16-28-18(2)26)10-6-11-24(20,21)5/h15,20-21H,6-14,16H2,1-5H3/t20-,21-,22+,23-,24+/m0/s1. The summed E-state index contributed by atoms with van der Waals surface area (Å²) in [4.78, 5) is 22.5. The van der Waals surface area contributed by atoms with Gasteiger partial charge in [0.15, 0.2) is 0 Å². The molecule has 28 heavy (non-hydrogen) atoms. The van der Waals surface area contributed by atoms with Gasteiger partial charge < -0.3 is 9.47 Å². The molecule has 2 saturated carbocycles. The van der Waals surface area contributed by atoms with Crippen molar-refractivity contribution >= 4 is 11.9 Å². The van der Waals surface area contributed by atoms with Crippen molar-refractivity contribution in [3.05, 3.63) is 11.6 Å². The minimum atomic E-state index is -0.188. The minimum Gasteiger partial charge on any atom is -0.466 e. The van der Waals surface area contributed by atoms with E-state index in [1.54, 1.807) is 5.57 Å². The molecule has 0 bridgehead atoms. The van der Waals surface area contributed by atoms with Crippen molar-refractivity contribution in [2.75, 3.05) is 13.2 Å². The third-order valence-electron chi connectivity index (χ3n) is 8.19. The highest BCUT2D eigenvalue weighted by Gasteiger charge is 2.56. The van der Waals surface area contributed by atoms with E-state index in [1.807, 2.05) is 0 Å². The molecule has 3 rings (SSSR count). The molecule has 0 radical (unpaired) electrons. The van der Waals surface area contributed by atoms with Gasteiger partial charge in [-0.15, -0.1) is 0 Å². The topological polar surface area (TPSA) is 52.6 Å². The SMILES string of the molecule is CC(=O)OCC[C@]1(C)C=C2CC[C@H]3[C@](C)(COC(C)=O)CCC[C@]3(C)[C@H]2CC1. The quantitative estimate of drug-likeness (QED) is 0.462. The van der Waals surface area contributed by atoms with Crippen molar-refractivity contribution in [3.8, 4) is 0 Å². The molecule has 0 aromatic rings. The van der Waals surface area contributed by atoms with Crippen LogP contribution in [-0.4, -0.2) is 25.2 Å². The van der Waals surface area contributed by atoms with Crippen molar-refractivity contribution < 1.29 is 19.1 Å². The third kappa shape index (κ3) is 4.16. The maximum absolute atomic E-state index is 11.4. The molecule has 3 aliphatic carbocycles. The van der Waals surface area contributed by atoms with Crippen LogP contribution in [0, 0.1) is 28.1 Å². The first-order valence-corrected chi connectivity index (χ1v) is 11.1. The highest BCUT2D eigenvalue weighted by atomic mass is 16.5. The van der Waals surface area contributed by atoms with Gasteiger partial charge in [-0.1, -0.05) is 38.8 Å². The van der Waals surface area contributed by atoms with Crippen LogP contribution < -0.4 is 0 Å². The second-order valence-electron chi connectivity index (χ2n) is 10.4. The Morgan fingerprint density at radius 2 is 1.75 bits per heavy atom. The fourth-order valence-electron chi connectivity index (χ4n) is 6.77. The summed E-state index contributed by atoms with van der Waals surface area (Å²) in [5.41, 5.74) is 2.17.